The summed E-state index contributed by atoms with van der Waals surface area (Å²) in [6, 6.07) is 2.16. The molecule has 1 atom stereocenters. The SMILES string of the molecule is N#CC1=CNCC(c2cnn3c(N)c(Br)c(C4CCCNC4)nc23)=C1. The molecule has 2 aliphatic heterocycles. The number of hydrogen-bond donors (Lipinski definition) is 3. The van der Waals surface area contributed by atoms with Crippen molar-refractivity contribution in [2.75, 3.05) is 25.4 Å². The molecule has 2 aliphatic rings. The van der Waals surface area contributed by atoms with Gasteiger partial charge in [0, 0.05) is 30.8 Å². The quantitative estimate of drug-likeness (QED) is 0.712. The van der Waals surface area contributed by atoms with Crippen molar-refractivity contribution in [1.82, 2.24) is 25.2 Å². The van der Waals surface area contributed by atoms with Crippen LogP contribution in [0.15, 0.2) is 28.5 Å². The van der Waals surface area contributed by atoms with E-state index in [2.05, 4.69) is 37.7 Å². The Hall–Kier alpha value is -2.37. The molecule has 1 unspecified atom stereocenters. The minimum Gasteiger partial charge on any atom is -0.386 e. The molecule has 1 fully saturated rings. The minimum absolute atomic E-state index is 0.325. The summed E-state index contributed by atoms with van der Waals surface area (Å²) in [5.41, 5.74) is 10.5. The van der Waals surface area contributed by atoms with Crippen LogP contribution in [0.2, 0.25) is 0 Å². The molecule has 0 amide bonds. The molecule has 2 aromatic heterocycles. The average Bonchev–Trinajstić information content (AvgIpc) is 3.09. The molecule has 0 radical (unpaired) electrons. The first-order valence-corrected chi connectivity index (χ1v) is 9.06. The van der Waals surface area contributed by atoms with Crippen molar-refractivity contribution in [3.05, 3.63) is 39.8 Å². The number of aromatic nitrogens is 3. The lowest BCUT2D eigenvalue weighted by Gasteiger charge is -2.24. The van der Waals surface area contributed by atoms with Crippen molar-refractivity contribution in [3.8, 4) is 6.07 Å². The Labute approximate surface area is 153 Å². The highest BCUT2D eigenvalue weighted by Crippen LogP contribution is 2.34. The average molecular weight is 400 g/mol. The van der Waals surface area contributed by atoms with Crippen molar-refractivity contribution in [1.29, 1.82) is 5.26 Å². The fourth-order valence-corrected chi connectivity index (χ4v) is 3.96. The highest BCUT2D eigenvalue weighted by atomic mass is 79.9. The lowest BCUT2D eigenvalue weighted by molar-refractivity contribution is 0.453. The second-order valence-electron chi connectivity index (χ2n) is 6.30. The highest BCUT2D eigenvalue weighted by Gasteiger charge is 2.24. The number of dihydropyridines is 1. The first-order valence-electron chi connectivity index (χ1n) is 8.27. The zero-order chi connectivity index (χ0) is 17.4. The van der Waals surface area contributed by atoms with Gasteiger partial charge in [-0.25, -0.2) is 4.98 Å². The molecule has 25 heavy (non-hydrogen) atoms. The number of nitrogens with zero attached hydrogens (tertiary/aromatic N) is 4. The van der Waals surface area contributed by atoms with Gasteiger partial charge in [0.1, 0.15) is 11.9 Å². The van der Waals surface area contributed by atoms with Crippen molar-refractivity contribution < 1.29 is 0 Å². The Kier molecular flexibility index (Phi) is 4.19. The molecule has 7 nitrogen and oxygen atoms in total. The van der Waals surface area contributed by atoms with E-state index in [1.807, 2.05) is 6.08 Å². The van der Waals surface area contributed by atoms with Crippen LogP contribution < -0.4 is 16.4 Å². The van der Waals surface area contributed by atoms with Crippen molar-refractivity contribution in [2.45, 2.75) is 18.8 Å². The predicted octanol–water partition coefficient (Wildman–Crippen LogP) is 1.94. The smallest absolute Gasteiger partial charge is 0.165 e. The van der Waals surface area contributed by atoms with E-state index in [4.69, 9.17) is 16.0 Å². The molecule has 8 heteroatoms. The third-order valence-corrected chi connectivity index (χ3v) is 5.50. The number of nitrogens with one attached hydrogen (secondary N) is 2. The molecule has 0 aliphatic carbocycles. The Balaban J connectivity index is 1.85. The second-order valence-corrected chi connectivity index (χ2v) is 7.09. The van der Waals surface area contributed by atoms with Gasteiger partial charge in [0.2, 0.25) is 0 Å². The number of nitrogen functional groups attached to an aromatic ring is 1. The summed E-state index contributed by atoms with van der Waals surface area (Å²) in [5.74, 6) is 0.878. The standard InChI is InChI=1S/C17H18BrN7/c18-14-15(11-2-1-3-21-7-11)24-17-13(9-23-25(17)16(14)20)12-4-10(5-19)6-22-8-12/h4,6,9,11,21-22H,1-3,7-8,20H2. The van der Waals surface area contributed by atoms with E-state index in [1.165, 1.54) is 0 Å². The normalized spacial score (nSPS) is 20.6. The van der Waals surface area contributed by atoms with Crippen molar-refractivity contribution >= 4 is 33.0 Å². The molecule has 2 aromatic rings. The molecular weight excluding hydrogens is 382 g/mol. The molecule has 128 valence electrons. The van der Waals surface area contributed by atoms with Gasteiger partial charge >= 0.3 is 0 Å². The van der Waals surface area contributed by atoms with Gasteiger partial charge in [0.25, 0.3) is 0 Å². The summed E-state index contributed by atoms with van der Waals surface area (Å²) in [4.78, 5) is 4.91. The number of fused-ring (bicyclic) bond motifs is 1. The Morgan fingerprint density at radius 2 is 2.32 bits per heavy atom. The van der Waals surface area contributed by atoms with E-state index in [0.29, 0.717) is 23.9 Å². The van der Waals surface area contributed by atoms with Crippen LogP contribution in [0.4, 0.5) is 5.82 Å². The van der Waals surface area contributed by atoms with Crippen LogP contribution in [0.25, 0.3) is 11.2 Å². The van der Waals surface area contributed by atoms with Crippen LogP contribution in [-0.4, -0.2) is 34.2 Å². The fourth-order valence-electron chi connectivity index (χ4n) is 3.38. The van der Waals surface area contributed by atoms with Crippen LogP contribution in [0.3, 0.4) is 0 Å². The number of hydrogen-bond acceptors (Lipinski definition) is 6. The predicted molar refractivity (Wildman–Crippen MR) is 99.6 cm³/mol. The van der Waals surface area contributed by atoms with Gasteiger partial charge in [0.15, 0.2) is 5.65 Å². The van der Waals surface area contributed by atoms with Gasteiger partial charge in [-0.2, -0.15) is 14.9 Å². The van der Waals surface area contributed by atoms with Crippen molar-refractivity contribution in [3.63, 3.8) is 0 Å². The van der Waals surface area contributed by atoms with Gasteiger partial charge in [-0.05, 0) is 47.0 Å². The van der Waals surface area contributed by atoms with Crippen LogP contribution >= 0.6 is 15.9 Å². The monoisotopic (exact) mass is 399 g/mol. The number of rotatable bonds is 2. The maximum atomic E-state index is 9.14. The molecule has 4 N–H and O–H groups in total. The Morgan fingerprint density at radius 3 is 3.08 bits per heavy atom. The molecule has 1 saturated heterocycles. The summed E-state index contributed by atoms with van der Waals surface area (Å²) in [7, 11) is 0. The maximum Gasteiger partial charge on any atom is 0.165 e. The largest absolute Gasteiger partial charge is 0.386 e. The summed E-state index contributed by atoms with van der Waals surface area (Å²) in [6.45, 7) is 2.58. The van der Waals surface area contributed by atoms with E-state index >= 15 is 0 Å². The first kappa shape index (κ1) is 16.1. The number of anilines is 1. The van der Waals surface area contributed by atoms with Gasteiger partial charge in [-0.3, -0.25) is 0 Å². The number of nitriles is 1. The van der Waals surface area contributed by atoms with E-state index in [9.17, 15) is 0 Å². The zero-order valence-electron chi connectivity index (χ0n) is 13.6. The molecule has 0 saturated carbocycles. The lowest BCUT2D eigenvalue weighted by atomic mass is 9.95. The van der Waals surface area contributed by atoms with Crippen molar-refractivity contribution in [2.24, 2.45) is 0 Å². The highest BCUT2D eigenvalue weighted by molar-refractivity contribution is 9.10. The number of allylic oxidation sites excluding steroid dienone is 2. The summed E-state index contributed by atoms with van der Waals surface area (Å²) < 4.78 is 2.47. The van der Waals surface area contributed by atoms with Gasteiger partial charge in [-0.1, -0.05) is 0 Å². The second kappa shape index (κ2) is 6.50. The van der Waals surface area contributed by atoms with Gasteiger partial charge < -0.3 is 16.4 Å². The molecule has 0 aromatic carbocycles. The van der Waals surface area contributed by atoms with Crippen LogP contribution in [-0.2, 0) is 0 Å². The summed E-state index contributed by atoms with van der Waals surface area (Å²) >= 11 is 3.61. The third kappa shape index (κ3) is 2.79. The number of halogens is 1. The molecule has 0 spiro atoms. The van der Waals surface area contributed by atoms with E-state index in [0.717, 1.165) is 52.9 Å². The molecule has 4 rings (SSSR count). The topological polar surface area (TPSA) is 104 Å². The van der Waals surface area contributed by atoms with Gasteiger partial charge in [0.05, 0.1) is 21.9 Å². The van der Waals surface area contributed by atoms with Crippen LogP contribution in [0, 0.1) is 11.3 Å². The van der Waals surface area contributed by atoms with Gasteiger partial charge in [-0.15, -0.1) is 0 Å². The minimum atomic E-state index is 0.325. The lowest BCUT2D eigenvalue weighted by Crippen LogP contribution is -2.29. The number of nitrogens with two attached hydrogens (primary N) is 1. The van der Waals surface area contributed by atoms with E-state index < -0.39 is 0 Å². The maximum absolute atomic E-state index is 9.14. The Morgan fingerprint density at radius 1 is 1.44 bits per heavy atom. The van der Waals surface area contributed by atoms with Crippen LogP contribution in [0.5, 0.6) is 0 Å². The zero-order valence-corrected chi connectivity index (χ0v) is 15.2. The number of piperidine rings is 1. The summed E-state index contributed by atoms with van der Waals surface area (Å²) in [6.07, 6.45) is 7.56. The molecule has 4 heterocycles. The van der Waals surface area contributed by atoms with Crippen LogP contribution in [0.1, 0.15) is 30.0 Å². The van der Waals surface area contributed by atoms with E-state index in [-0.39, 0.29) is 0 Å². The molecule has 0 bridgehead atoms. The van der Waals surface area contributed by atoms with E-state index in [1.54, 1.807) is 16.9 Å². The molecular formula is C17H18BrN7. The first-order chi connectivity index (χ1) is 12.2. The Bertz CT molecular complexity index is 929. The third-order valence-electron chi connectivity index (χ3n) is 4.69. The fraction of sp³-hybridized carbons (Fsp3) is 0.353. The summed E-state index contributed by atoms with van der Waals surface area (Å²) in [5, 5.41) is 20.1.